The number of rotatable bonds is 6. The van der Waals surface area contributed by atoms with Crippen LogP contribution in [0.5, 0.6) is 0 Å². The summed E-state index contributed by atoms with van der Waals surface area (Å²) in [6.07, 6.45) is 3.42. The Morgan fingerprint density at radius 3 is 2.36 bits per heavy atom. The number of fused-ring (bicyclic) bond motifs is 1. The Morgan fingerprint density at radius 1 is 1.36 bits per heavy atom. The van der Waals surface area contributed by atoms with Crippen LogP contribution in [-0.2, 0) is 4.74 Å². The Labute approximate surface area is 141 Å². The number of benzene rings is 1. The van der Waals surface area contributed by atoms with E-state index in [9.17, 15) is 14.0 Å². The third kappa shape index (κ3) is 3.27. The molecule has 0 saturated carbocycles. The lowest BCUT2D eigenvalue weighted by Crippen LogP contribution is -2.43. The van der Waals surface area contributed by atoms with E-state index in [1.54, 1.807) is 43.3 Å². The number of nitrogens with zero attached hydrogens (tertiary/aromatic N) is 1. The molecule has 2 atom stereocenters. The number of hydrogen-bond donors (Lipinski definition) is 0. The second-order valence-electron chi connectivity index (χ2n) is 4.71. The van der Waals surface area contributed by atoms with Crippen LogP contribution in [0, 0.1) is 0 Å². The van der Waals surface area contributed by atoms with Crippen LogP contribution in [0.25, 0.3) is 0 Å². The molecule has 0 aromatic heterocycles. The standard InChI is InChI=1S/C16H15FINO3/c1-3-6-10(2)13(9-22-16(17)18)19-14(20)11-7-4-5-8-12(11)15(19)21/h3-8,13,16H,2,9H2,1H3/b6-3-/t13-,16?/m1/s1. The van der Waals surface area contributed by atoms with Gasteiger partial charge in [-0.1, -0.05) is 30.9 Å². The molecule has 0 fully saturated rings. The molecule has 0 aliphatic carbocycles. The molecule has 1 aromatic carbocycles. The van der Waals surface area contributed by atoms with Crippen molar-refractivity contribution in [3.8, 4) is 0 Å². The average Bonchev–Trinajstić information content (AvgIpc) is 2.73. The molecule has 1 aliphatic rings. The molecular formula is C16H15FINO3. The van der Waals surface area contributed by atoms with E-state index in [2.05, 4.69) is 6.58 Å². The second kappa shape index (κ2) is 7.15. The number of ether oxygens (including phenoxy) is 1. The summed E-state index contributed by atoms with van der Waals surface area (Å²) in [5.41, 5.74) is 1.20. The number of allylic oxidation sites excluding steroid dienone is 1. The van der Waals surface area contributed by atoms with Gasteiger partial charge in [0.25, 0.3) is 11.8 Å². The molecule has 0 N–H and O–H groups in total. The molecule has 0 radical (unpaired) electrons. The fourth-order valence-corrected chi connectivity index (χ4v) is 2.53. The maximum atomic E-state index is 13.0. The molecule has 0 spiro atoms. The van der Waals surface area contributed by atoms with E-state index in [1.165, 1.54) is 22.6 Å². The van der Waals surface area contributed by atoms with Crippen LogP contribution in [0.1, 0.15) is 27.6 Å². The lowest BCUT2D eigenvalue weighted by molar-refractivity contribution is 0.0125. The maximum Gasteiger partial charge on any atom is 0.262 e. The Kier molecular flexibility index (Phi) is 5.47. The number of alkyl halides is 2. The highest BCUT2D eigenvalue weighted by Gasteiger charge is 2.40. The summed E-state index contributed by atoms with van der Waals surface area (Å²) in [6.45, 7) is 5.51. The third-order valence-corrected chi connectivity index (χ3v) is 3.69. The minimum Gasteiger partial charge on any atom is -0.338 e. The number of carbonyl (C=O) groups is 2. The fourth-order valence-electron chi connectivity index (χ4n) is 2.33. The highest BCUT2D eigenvalue weighted by Crippen LogP contribution is 2.27. The van der Waals surface area contributed by atoms with Gasteiger partial charge in [0.2, 0.25) is 4.36 Å². The van der Waals surface area contributed by atoms with Crippen LogP contribution in [0.2, 0.25) is 0 Å². The molecule has 2 rings (SSSR count). The van der Waals surface area contributed by atoms with E-state index >= 15 is 0 Å². The van der Waals surface area contributed by atoms with Crippen molar-refractivity contribution in [3.05, 3.63) is 59.7 Å². The monoisotopic (exact) mass is 415 g/mol. The summed E-state index contributed by atoms with van der Waals surface area (Å²) in [6, 6.07) is 5.85. The largest absolute Gasteiger partial charge is 0.338 e. The van der Waals surface area contributed by atoms with E-state index < -0.39 is 22.2 Å². The maximum absolute atomic E-state index is 13.0. The molecule has 1 aliphatic heterocycles. The van der Waals surface area contributed by atoms with Crippen molar-refractivity contribution in [3.63, 3.8) is 0 Å². The highest BCUT2D eigenvalue weighted by atomic mass is 127. The van der Waals surface area contributed by atoms with E-state index in [1.807, 2.05) is 0 Å². The van der Waals surface area contributed by atoms with Crippen LogP contribution in [0.3, 0.4) is 0 Å². The first kappa shape index (κ1) is 16.8. The topological polar surface area (TPSA) is 46.6 Å². The molecule has 22 heavy (non-hydrogen) atoms. The Balaban J connectivity index is 2.34. The zero-order chi connectivity index (χ0) is 16.3. The van der Waals surface area contributed by atoms with Crippen LogP contribution in [0.15, 0.2) is 48.6 Å². The van der Waals surface area contributed by atoms with Gasteiger partial charge in [0.05, 0.1) is 23.8 Å². The van der Waals surface area contributed by atoms with Crippen LogP contribution >= 0.6 is 22.6 Å². The van der Waals surface area contributed by atoms with Gasteiger partial charge >= 0.3 is 0 Å². The molecule has 2 amide bonds. The number of amides is 2. The van der Waals surface area contributed by atoms with E-state index in [-0.39, 0.29) is 6.61 Å². The van der Waals surface area contributed by atoms with E-state index in [0.29, 0.717) is 16.7 Å². The predicted octanol–water partition coefficient (Wildman–Crippen LogP) is 3.49. The van der Waals surface area contributed by atoms with Gasteiger partial charge in [0.15, 0.2) is 0 Å². The fraction of sp³-hybridized carbons (Fsp3) is 0.250. The van der Waals surface area contributed by atoms with Gasteiger partial charge in [0.1, 0.15) is 0 Å². The van der Waals surface area contributed by atoms with Gasteiger partial charge in [-0.05, 0) is 47.2 Å². The van der Waals surface area contributed by atoms with Crippen LogP contribution in [0.4, 0.5) is 4.39 Å². The van der Waals surface area contributed by atoms with Gasteiger partial charge in [-0.3, -0.25) is 14.5 Å². The van der Waals surface area contributed by atoms with Crippen molar-refractivity contribution in [2.24, 2.45) is 0 Å². The number of carbonyl (C=O) groups excluding carboxylic acids is 2. The summed E-state index contributed by atoms with van der Waals surface area (Å²) < 4.78 is 16.4. The first-order valence-corrected chi connectivity index (χ1v) is 7.90. The zero-order valence-corrected chi connectivity index (χ0v) is 14.1. The molecule has 6 heteroatoms. The van der Waals surface area contributed by atoms with Crippen molar-refractivity contribution in [1.29, 1.82) is 0 Å². The highest BCUT2D eigenvalue weighted by molar-refractivity contribution is 14.1. The lowest BCUT2D eigenvalue weighted by atomic mass is 10.1. The second-order valence-corrected chi connectivity index (χ2v) is 5.69. The van der Waals surface area contributed by atoms with Crippen molar-refractivity contribution in [2.75, 3.05) is 6.61 Å². The van der Waals surface area contributed by atoms with Gasteiger partial charge in [-0.25, -0.2) is 4.39 Å². The molecule has 116 valence electrons. The van der Waals surface area contributed by atoms with Gasteiger partial charge < -0.3 is 4.74 Å². The molecule has 0 saturated heterocycles. The van der Waals surface area contributed by atoms with Crippen molar-refractivity contribution in [1.82, 2.24) is 4.90 Å². The summed E-state index contributed by atoms with van der Waals surface area (Å²) >= 11 is 1.47. The number of halogens is 2. The Bertz CT molecular complexity index is 607. The normalized spacial score (nSPS) is 17.0. The predicted molar refractivity (Wildman–Crippen MR) is 89.6 cm³/mol. The van der Waals surface area contributed by atoms with Crippen molar-refractivity contribution in [2.45, 2.75) is 17.3 Å². The molecular weight excluding hydrogens is 400 g/mol. The summed E-state index contributed by atoms with van der Waals surface area (Å²) in [7, 11) is 0. The number of hydrogen-bond acceptors (Lipinski definition) is 3. The number of imide groups is 1. The first-order valence-electron chi connectivity index (χ1n) is 6.65. The van der Waals surface area contributed by atoms with E-state index in [4.69, 9.17) is 4.74 Å². The Morgan fingerprint density at radius 2 is 1.91 bits per heavy atom. The van der Waals surface area contributed by atoms with Gasteiger partial charge in [-0.15, -0.1) is 0 Å². The SMILES string of the molecule is C=C(/C=C\C)[C@@H](COC(F)I)N1C(=O)c2ccccc2C1=O. The van der Waals surface area contributed by atoms with Gasteiger partial charge in [0, 0.05) is 0 Å². The molecule has 0 bridgehead atoms. The summed E-state index contributed by atoms with van der Waals surface area (Å²) in [5, 5.41) is 0. The minimum atomic E-state index is -1.52. The molecule has 4 nitrogen and oxygen atoms in total. The minimum absolute atomic E-state index is 0.140. The third-order valence-electron chi connectivity index (χ3n) is 3.33. The molecule has 1 unspecified atom stereocenters. The van der Waals surface area contributed by atoms with Crippen LogP contribution in [-0.4, -0.2) is 33.7 Å². The first-order chi connectivity index (χ1) is 10.5. The average molecular weight is 415 g/mol. The molecule has 1 heterocycles. The quantitative estimate of drug-likeness (QED) is 0.309. The van der Waals surface area contributed by atoms with Crippen LogP contribution < -0.4 is 0 Å². The molecule has 1 aromatic rings. The smallest absolute Gasteiger partial charge is 0.262 e. The lowest BCUT2D eigenvalue weighted by Gasteiger charge is -2.26. The Hall–Kier alpha value is -1.54. The summed E-state index contributed by atoms with van der Waals surface area (Å²) in [5.74, 6) is -0.826. The zero-order valence-electron chi connectivity index (χ0n) is 12.0. The van der Waals surface area contributed by atoms with Gasteiger partial charge in [-0.2, -0.15) is 0 Å². The van der Waals surface area contributed by atoms with Crippen molar-refractivity contribution < 1.29 is 18.7 Å². The summed E-state index contributed by atoms with van der Waals surface area (Å²) in [4.78, 5) is 26.1. The van der Waals surface area contributed by atoms with E-state index in [0.717, 1.165) is 4.90 Å². The van der Waals surface area contributed by atoms with Crippen molar-refractivity contribution >= 4 is 34.4 Å².